The molecule has 0 saturated carbocycles. The van der Waals surface area contributed by atoms with E-state index in [1.54, 1.807) is 17.0 Å². The molecule has 0 bridgehead atoms. The lowest BCUT2D eigenvalue weighted by Crippen LogP contribution is -2.33. The van der Waals surface area contributed by atoms with Gasteiger partial charge in [0.15, 0.2) is 0 Å². The number of hydrogen-bond donors (Lipinski definition) is 1. The molecule has 1 N–H and O–H groups in total. The third-order valence-electron chi connectivity index (χ3n) is 6.18. The smallest absolute Gasteiger partial charge is 0.265 e. The van der Waals surface area contributed by atoms with Gasteiger partial charge in [0.1, 0.15) is 0 Å². The minimum atomic E-state index is -0.139. The number of benzene rings is 4. The first-order valence-corrected chi connectivity index (χ1v) is 13.2. The number of carbonyl (C=O) groups excluding carboxylic acids is 2. The van der Waals surface area contributed by atoms with E-state index in [0.29, 0.717) is 22.0 Å². The van der Waals surface area contributed by atoms with Gasteiger partial charge in [-0.2, -0.15) is 0 Å². The molecule has 6 heteroatoms. The summed E-state index contributed by atoms with van der Waals surface area (Å²) in [5.41, 5.74) is 4.31. The topological polar surface area (TPSA) is 49.4 Å². The molecule has 0 aromatic heterocycles. The number of rotatable bonds is 6. The lowest BCUT2D eigenvalue weighted by atomic mass is 10.1. The van der Waals surface area contributed by atoms with Crippen LogP contribution in [0.1, 0.15) is 40.0 Å². The maximum atomic E-state index is 13.6. The zero-order valence-corrected chi connectivity index (χ0v) is 21.8. The summed E-state index contributed by atoms with van der Waals surface area (Å²) in [6.45, 7) is 2.39. The minimum Gasteiger partial charge on any atom is -0.346 e. The third-order valence-corrected chi connectivity index (χ3v) is 7.49. The van der Waals surface area contributed by atoms with E-state index in [9.17, 15) is 9.59 Å². The van der Waals surface area contributed by atoms with Gasteiger partial charge in [-0.1, -0.05) is 90.1 Å². The second-order valence-corrected chi connectivity index (χ2v) is 10.3. The third kappa shape index (κ3) is 5.79. The average molecular weight is 525 g/mol. The molecule has 0 aliphatic carbocycles. The summed E-state index contributed by atoms with van der Waals surface area (Å²) in [5, 5.41) is 3.68. The Morgan fingerprint density at radius 1 is 0.946 bits per heavy atom. The SMILES string of the molecule is CC(NC(=O)c1ccc(/C=C2/Sc3ccccc3N(Cc3cccc(Cl)c3)C2=O)cc1)c1ccccc1. The van der Waals surface area contributed by atoms with Crippen molar-refractivity contribution in [1.82, 2.24) is 5.32 Å². The lowest BCUT2D eigenvalue weighted by Gasteiger charge is -2.30. The van der Waals surface area contributed by atoms with E-state index in [2.05, 4.69) is 5.32 Å². The number of nitrogens with zero attached hydrogens (tertiary/aromatic N) is 1. The second-order valence-electron chi connectivity index (χ2n) is 8.83. The maximum absolute atomic E-state index is 13.6. The molecule has 1 unspecified atom stereocenters. The van der Waals surface area contributed by atoms with Crippen LogP contribution in [0.3, 0.4) is 0 Å². The Hall–Kier alpha value is -3.80. The van der Waals surface area contributed by atoms with Gasteiger partial charge in [-0.25, -0.2) is 0 Å². The number of para-hydroxylation sites is 1. The highest BCUT2D eigenvalue weighted by Crippen LogP contribution is 2.42. The Labute approximate surface area is 226 Å². The molecule has 0 fully saturated rings. The summed E-state index contributed by atoms with van der Waals surface area (Å²) < 4.78 is 0. The highest BCUT2D eigenvalue weighted by molar-refractivity contribution is 8.04. The van der Waals surface area contributed by atoms with Crippen LogP contribution in [0.5, 0.6) is 0 Å². The summed E-state index contributed by atoms with van der Waals surface area (Å²) in [5.74, 6) is -0.206. The number of hydrogen-bond acceptors (Lipinski definition) is 3. The van der Waals surface area contributed by atoms with Crippen molar-refractivity contribution in [2.24, 2.45) is 0 Å². The van der Waals surface area contributed by atoms with Gasteiger partial charge in [0.25, 0.3) is 11.8 Å². The quantitative estimate of drug-likeness (QED) is 0.265. The fourth-order valence-electron chi connectivity index (χ4n) is 4.22. The molecule has 2 amide bonds. The Morgan fingerprint density at radius 3 is 2.43 bits per heavy atom. The standard InChI is InChI=1S/C31H25ClN2O2S/c1-21(24-9-3-2-4-10-24)33-30(35)25-16-14-22(15-17-25)19-29-31(36)34(20-23-8-7-11-26(32)18-23)27-12-5-6-13-28(27)37-29/h2-19,21H,20H2,1H3,(H,33,35)/b29-19+. The van der Waals surface area contributed by atoms with Crippen LogP contribution in [0.15, 0.2) is 113 Å². The van der Waals surface area contributed by atoms with Crippen molar-refractivity contribution >= 4 is 46.9 Å². The van der Waals surface area contributed by atoms with Crippen molar-refractivity contribution < 1.29 is 9.59 Å². The van der Waals surface area contributed by atoms with Gasteiger partial charge >= 0.3 is 0 Å². The fourth-order valence-corrected chi connectivity index (χ4v) is 5.50. The van der Waals surface area contributed by atoms with E-state index >= 15 is 0 Å². The van der Waals surface area contributed by atoms with Gasteiger partial charge in [0.05, 0.1) is 23.2 Å². The zero-order valence-electron chi connectivity index (χ0n) is 20.2. The number of amides is 2. The second kappa shape index (κ2) is 11.1. The molecule has 1 atom stereocenters. The van der Waals surface area contributed by atoms with Crippen LogP contribution in [-0.4, -0.2) is 11.8 Å². The molecule has 4 nitrogen and oxygen atoms in total. The van der Waals surface area contributed by atoms with Crippen molar-refractivity contribution in [3.05, 3.63) is 135 Å². The Morgan fingerprint density at radius 2 is 1.68 bits per heavy atom. The maximum Gasteiger partial charge on any atom is 0.265 e. The molecule has 1 heterocycles. The zero-order chi connectivity index (χ0) is 25.8. The van der Waals surface area contributed by atoms with E-state index in [1.807, 2.05) is 104 Å². The van der Waals surface area contributed by atoms with Crippen LogP contribution in [0, 0.1) is 0 Å². The van der Waals surface area contributed by atoms with Gasteiger partial charge in [-0.15, -0.1) is 0 Å². The molecule has 0 saturated heterocycles. The summed E-state index contributed by atoms with van der Waals surface area (Å²) in [7, 11) is 0. The van der Waals surface area contributed by atoms with E-state index in [4.69, 9.17) is 11.6 Å². The lowest BCUT2D eigenvalue weighted by molar-refractivity contribution is -0.114. The molecule has 0 radical (unpaired) electrons. The largest absolute Gasteiger partial charge is 0.346 e. The van der Waals surface area contributed by atoms with Gasteiger partial charge < -0.3 is 10.2 Å². The summed E-state index contributed by atoms with van der Waals surface area (Å²) in [6.07, 6.45) is 1.88. The van der Waals surface area contributed by atoms with Crippen LogP contribution in [0.25, 0.3) is 6.08 Å². The highest BCUT2D eigenvalue weighted by atomic mass is 35.5. The first kappa shape index (κ1) is 24.9. The molecule has 5 rings (SSSR count). The summed E-state index contributed by atoms with van der Waals surface area (Å²) >= 11 is 7.64. The van der Waals surface area contributed by atoms with E-state index in [-0.39, 0.29) is 17.9 Å². The van der Waals surface area contributed by atoms with E-state index in [0.717, 1.165) is 27.3 Å². The summed E-state index contributed by atoms with van der Waals surface area (Å²) in [4.78, 5) is 29.7. The first-order valence-electron chi connectivity index (χ1n) is 12.0. The van der Waals surface area contributed by atoms with Crippen LogP contribution >= 0.6 is 23.4 Å². The van der Waals surface area contributed by atoms with Crippen LogP contribution in [0.2, 0.25) is 5.02 Å². The normalized spacial score (nSPS) is 14.8. The van der Waals surface area contributed by atoms with Crippen LogP contribution in [-0.2, 0) is 11.3 Å². The number of carbonyl (C=O) groups is 2. The minimum absolute atomic E-state index is 0.0674. The monoisotopic (exact) mass is 524 g/mol. The Kier molecular flexibility index (Phi) is 7.45. The molecule has 184 valence electrons. The van der Waals surface area contributed by atoms with Gasteiger partial charge in [-0.05, 0) is 66.1 Å². The number of halogens is 1. The number of anilines is 1. The molecular formula is C31H25ClN2O2S. The molecule has 4 aromatic rings. The molecule has 1 aliphatic heterocycles. The van der Waals surface area contributed by atoms with Crippen LogP contribution in [0.4, 0.5) is 5.69 Å². The molecular weight excluding hydrogens is 500 g/mol. The van der Waals surface area contributed by atoms with Crippen LogP contribution < -0.4 is 10.2 Å². The number of nitrogens with one attached hydrogen (secondary N) is 1. The molecule has 4 aromatic carbocycles. The predicted molar refractivity (Wildman–Crippen MR) is 152 cm³/mol. The van der Waals surface area contributed by atoms with Crippen molar-refractivity contribution in [2.45, 2.75) is 24.4 Å². The van der Waals surface area contributed by atoms with Gasteiger partial charge in [-0.3, -0.25) is 9.59 Å². The van der Waals surface area contributed by atoms with Crippen molar-refractivity contribution in [3.8, 4) is 0 Å². The van der Waals surface area contributed by atoms with Crippen molar-refractivity contribution in [2.75, 3.05) is 4.90 Å². The fraction of sp³-hybridized carbons (Fsp3) is 0.0968. The number of fused-ring (bicyclic) bond motifs is 1. The van der Waals surface area contributed by atoms with E-state index in [1.165, 1.54) is 11.8 Å². The Balaban J connectivity index is 1.35. The Bertz CT molecular complexity index is 1470. The molecule has 0 spiro atoms. The van der Waals surface area contributed by atoms with Crippen molar-refractivity contribution in [3.63, 3.8) is 0 Å². The predicted octanol–water partition coefficient (Wildman–Crippen LogP) is 7.51. The van der Waals surface area contributed by atoms with Gasteiger partial charge in [0, 0.05) is 15.5 Å². The summed E-state index contributed by atoms with van der Waals surface area (Å²) in [6, 6.07) is 32.5. The first-order chi connectivity index (χ1) is 18.0. The number of thioether (sulfide) groups is 1. The van der Waals surface area contributed by atoms with Gasteiger partial charge in [0.2, 0.25) is 0 Å². The molecule has 37 heavy (non-hydrogen) atoms. The highest BCUT2D eigenvalue weighted by Gasteiger charge is 2.29. The average Bonchev–Trinajstić information content (AvgIpc) is 2.92. The van der Waals surface area contributed by atoms with Crippen molar-refractivity contribution in [1.29, 1.82) is 0 Å². The van der Waals surface area contributed by atoms with E-state index < -0.39 is 0 Å². The molecule has 1 aliphatic rings.